The van der Waals surface area contributed by atoms with Crippen LogP contribution in [0.3, 0.4) is 0 Å². The largest absolute Gasteiger partial charge is 0.350 e. The van der Waals surface area contributed by atoms with Crippen LogP contribution in [-0.2, 0) is 17.8 Å². The number of hydrogen-bond donors (Lipinski definition) is 1. The lowest BCUT2D eigenvalue weighted by Crippen LogP contribution is -2.36. The average Bonchev–Trinajstić information content (AvgIpc) is 2.81. The number of amides is 2. The summed E-state index contributed by atoms with van der Waals surface area (Å²) in [6.45, 7) is 2.13. The lowest BCUT2D eigenvalue weighted by Gasteiger charge is -2.29. The predicted molar refractivity (Wildman–Crippen MR) is 126 cm³/mol. The zero-order chi connectivity index (χ0) is 22.5. The molecule has 0 spiro atoms. The van der Waals surface area contributed by atoms with Crippen molar-refractivity contribution in [2.24, 2.45) is 0 Å². The second-order valence-corrected chi connectivity index (χ2v) is 8.96. The van der Waals surface area contributed by atoms with Gasteiger partial charge in [0, 0.05) is 22.1 Å². The molecule has 1 heterocycles. The zero-order valence-corrected chi connectivity index (χ0v) is 18.7. The van der Waals surface area contributed by atoms with E-state index in [1.807, 2.05) is 31.2 Å². The van der Waals surface area contributed by atoms with E-state index >= 15 is 0 Å². The van der Waals surface area contributed by atoms with Gasteiger partial charge < -0.3 is 10.2 Å². The number of carbonyl (C=O) groups excluding carboxylic acids is 2. The number of anilines is 1. The molecule has 1 aliphatic heterocycles. The summed E-state index contributed by atoms with van der Waals surface area (Å²) in [6, 6.07) is 22.0. The quantitative estimate of drug-likeness (QED) is 0.539. The molecular weight excluding hydrogens is 423 g/mol. The normalized spacial score (nSPS) is 14.1. The van der Waals surface area contributed by atoms with Crippen molar-refractivity contribution in [1.29, 1.82) is 0 Å². The maximum absolute atomic E-state index is 14.2. The van der Waals surface area contributed by atoms with Gasteiger partial charge in [0.1, 0.15) is 5.82 Å². The number of hydrogen-bond acceptors (Lipinski definition) is 3. The van der Waals surface area contributed by atoms with Gasteiger partial charge >= 0.3 is 0 Å². The molecule has 4 rings (SSSR count). The van der Waals surface area contributed by atoms with Crippen LogP contribution >= 0.6 is 11.8 Å². The van der Waals surface area contributed by atoms with Crippen LogP contribution in [0.4, 0.5) is 10.1 Å². The smallest absolute Gasteiger partial charge is 0.251 e. The van der Waals surface area contributed by atoms with Crippen molar-refractivity contribution in [2.75, 3.05) is 10.7 Å². The fraction of sp³-hybridized carbons (Fsp3) is 0.231. The highest BCUT2D eigenvalue weighted by molar-refractivity contribution is 8.00. The first-order valence-electron chi connectivity index (χ1n) is 10.7. The van der Waals surface area contributed by atoms with Crippen LogP contribution in [0.2, 0.25) is 0 Å². The van der Waals surface area contributed by atoms with Gasteiger partial charge in [-0.2, -0.15) is 0 Å². The molecule has 32 heavy (non-hydrogen) atoms. The third kappa shape index (κ3) is 5.19. The Kier molecular flexibility index (Phi) is 6.90. The minimum Gasteiger partial charge on any atom is -0.350 e. The standard InChI is InChI=1S/C26H25FN2O2S/c1-18(11-12-19-7-3-2-4-8-19)28-26(31)20-13-14-24-23(15-20)29(25(30)17-32-24)16-21-9-5-6-10-22(21)27/h2-10,13-15,18H,11-12,16-17H2,1H3,(H,28,31)/t18-/m0/s1. The van der Waals surface area contributed by atoms with Gasteiger partial charge in [0.05, 0.1) is 18.0 Å². The molecular formula is C26H25FN2O2S. The second-order valence-electron chi connectivity index (χ2n) is 7.94. The molecule has 0 aliphatic carbocycles. The number of nitrogens with one attached hydrogen (secondary N) is 1. The molecule has 1 atom stereocenters. The summed E-state index contributed by atoms with van der Waals surface area (Å²) in [4.78, 5) is 28.0. The third-order valence-corrected chi connectivity index (χ3v) is 6.58. The summed E-state index contributed by atoms with van der Waals surface area (Å²) in [5, 5.41) is 3.05. The van der Waals surface area contributed by atoms with Gasteiger partial charge in [-0.15, -0.1) is 11.8 Å². The monoisotopic (exact) mass is 448 g/mol. The first kappa shape index (κ1) is 22.1. The number of carbonyl (C=O) groups is 2. The fourth-order valence-electron chi connectivity index (χ4n) is 3.72. The number of thioether (sulfide) groups is 1. The van der Waals surface area contributed by atoms with Gasteiger partial charge in [-0.05, 0) is 49.6 Å². The van der Waals surface area contributed by atoms with Gasteiger partial charge in [0.2, 0.25) is 5.91 Å². The topological polar surface area (TPSA) is 49.4 Å². The maximum atomic E-state index is 14.2. The van der Waals surface area contributed by atoms with E-state index in [4.69, 9.17) is 0 Å². The minimum atomic E-state index is -0.346. The molecule has 0 unspecified atom stereocenters. The Morgan fingerprint density at radius 2 is 1.84 bits per heavy atom. The second kappa shape index (κ2) is 10.0. The Morgan fingerprint density at radius 1 is 1.09 bits per heavy atom. The van der Waals surface area contributed by atoms with Crippen LogP contribution < -0.4 is 10.2 Å². The molecule has 1 aliphatic rings. The van der Waals surface area contributed by atoms with E-state index in [2.05, 4.69) is 17.4 Å². The van der Waals surface area contributed by atoms with Crippen molar-refractivity contribution in [3.05, 3.63) is 95.3 Å². The van der Waals surface area contributed by atoms with Crippen LogP contribution in [0.1, 0.15) is 34.8 Å². The number of halogens is 1. The van der Waals surface area contributed by atoms with Crippen molar-refractivity contribution < 1.29 is 14.0 Å². The molecule has 0 saturated carbocycles. The Balaban J connectivity index is 1.47. The minimum absolute atomic E-state index is 0.00395. The highest BCUT2D eigenvalue weighted by Crippen LogP contribution is 2.37. The molecule has 6 heteroatoms. The molecule has 0 radical (unpaired) electrons. The molecule has 3 aromatic rings. The summed E-state index contributed by atoms with van der Waals surface area (Å²) in [6.07, 6.45) is 1.71. The number of nitrogens with zero attached hydrogens (tertiary/aromatic N) is 1. The highest BCUT2D eigenvalue weighted by Gasteiger charge is 2.26. The molecule has 0 saturated heterocycles. The van der Waals surface area contributed by atoms with Crippen molar-refractivity contribution in [3.8, 4) is 0 Å². The van der Waals surface area contributed by atoms with Crippen LogP contribution in [-0.4, -0.2) is 23.6 Å². The summed E-state index contributed by atoms with van der Waals surface area (Å²) in [7, 11) is 0. The van der Waals surface area contributed by atoms with Gasteiger partial charge in [-0.3, -0.25) is 9.59 Å². The van der Waals surface area contributed by atoms with E-state index in [0.717, 1.165) is 17.7 Å². The van der Waals surface area contributed by atoms with Crippen molar-refractivity contribution in [1.82, 2.24) is 5.32 Å². The highest BCUT2D eigenvalue weighted by atomic mass is 32.2. The van der Waals surface area contributed by atoms with Gasteiger partial charge in [-0.1, -0.05) is 48.5 Å². The maximum Gasteiger partial charge on any atom is 0.251 e. The summed E-state index contributed by atoms with van der Waals surface area (Å²) in [5.74, 6) is -0.327. The Morgan fingerprint density at radius 3 is 2.62 bits per heavy atom. The van der Waals surface area contributed by atoms with Gasteiger partial charge in [-0.25, -0.2) is 4.39 Å². The molecule has 0 bridgehead atoms. The van der Waals surface area contributed by atoms with E-state index in [9.17, 15) is 14.0 Å². The van der Waals surface area contributed by atoms with E-state index < -0.39 is 0 Å². The molecule has 0 aromatic heterocycles. The lowest BCUT2D eigenvalue weighted by atomic mass is 10.1. The van der Waals surface area contributed by atoms with E-state index in [0.29, 0.717) is 22.6 Å². The Bertz CT molecular complexity index is 1120. The van der Waals surface area contributed by atoms with Gasteiger partial charge in [0.25, 0.3) is 5.91 Å². The van der Waals surface area contributed by atoms with Crippen LogP contribution in [0.15, 0.2) is 77.7 Å². The first-order chi connectivity index (χ1) is 15.5. The first-order valence-corrected chi connectivity index (χ1v) is 11.7. The van der Waals surface area contributed by atoms with Crippen LogP contribution in [0.5, 0.6) is 0 Å². The van der Waals surface area contributed by atoms with Gasteiger partial charge in [0.15, 0.2) is 0 Å². The summed E-state index contributed by atoms with van der Waals surface area (Å²) >= 11 is 1.44. The number of rotatable bonds is 7. The fourth-order valence-corrected chi connectivity index (χ4v) is 4.64. The number of benzene rings is 3. The SMILES string of the molecule is C[C@@H](CCc1ccccc1)NC(=O)c1ccc2c(c1)N(Cc1ccccc1F)C(=O)CS2. The van der Waals surface area contributed by atoms with Crippen molar-refractivity contribution in [3.63, 3.8) is 0 Å². The summed E-state index contributed by atoms with van der Waals surface area (Å²) in [5.41, 5.74) is 2.83. The molecule has 3 aromatic carbocycles. The van der Waals surface area contributed by atoms with E-state index in [-0.39, 0.29) is 30.2 Å². The van der Waals surface area contributed by atoms with Crippen molar-refractivity contribution >= 4 is 29.3 Å². The van der Waals surface area contributed by atoms with Crippen molar-refractivity contribution in [2.45, 2.75) is 37.2 Å². The van der Waals surface area contributed by atoms with Crippen LogP contribution in [0.25, 0.3) is 0 Å². The molecule has 0 fully saturated rings. The van der Waals surface area contributed by atoms with E-state index in [1.54, 1.807) is 35.2 Å². The number of fused-ring (bicyclic) bond motifs is 1. The number of aryl methyl sites for hydroxylation is 1. The lowest BCUT2D eigenvalue weighted by molar-refractivity contribution is -0.116. The Labute approximate surface area is 191 Å². The third-order valence-electron chi connectivity index (χ3n) is 5.54. The molecule has 1 N–H and O–H groups in total. The molecule has 4 nitrogen and oxygen atoms in total. The van der Waals surface area contributed by atoms with E-state index in [1.165, 1.54) is 23.4 Å². The zero-order valence-electron chi connectivity index (χ0n) is 17.9. The Hall–Kier alpha value is -3.12. The predicted octanol–water partition coefficient (Wildman–Crippen LogP) is 5.22. The average molecular weight is 449 g/mol. The molecule has 164 valence electrons. The molecule has 2 amide bonds. The van der Waals surface area contributed by atoms with Crippen LogP contribution in [0, 0.1) is 5.82 Å². The summed E-state index contributed by atoms with van der Waals surface area (Å²) < 4.78 is 14.2.